The van der Waals surface area contributed by atoms with E-state index in [1.807, 2.05) is 12.1 Å². The molecular formula is C22H32N8. The summed E-state index contributed by atoms with van der Waals surface area (Å²) in [4.78, 5) is 13.6. The zero-order valence-corrected chi connectivity index (χ0v) is 18.2. The number of anilines is 2. The quantitative estimate of drug-likeness (QED) is 0.686. The van der Waals surface area contributed by atoms with Crippen molar-refractivity contribution in [2.45, 2.75) is 26.3 Å². The Morgan fingerprint density at radius 2 is 2.00 bits per heavy atom. The lowest BCUT2D eigenvalue weighted by molar-refractivity contribution is -0.763. The summed E-state index contributed by atoms with van der Waals surface area (Å²) >= 11 is 0. The molecule has 2 aliphatic heterocycles. The van der Waals surface area contributed by atoms with Gasteiger partial charge in [-0.25, -0.2) is 9.97 Å². The summed E-state index contributed by atoms with van der Waals surface area (Å²) in [7, 11) is 4.09. The molecule has 0 bridgehead atoms. The lowest BCUT2D eigenvalue weighted by Crippen LogP contribution is -2.98. The number of fused-ring (bicyclic) bond motifs is 1. The first-order valence-electron chi connectivity index (χ1n) is 10.8. The third-order valence-corrected chi connectivity index (χ3v) is 6.19. The van der Waals surface area contributed by atoms with Gasteiger partial charge in [0.1, 0.15) is 5.69 Å². The molecule has 1 fully saturated rings. The first-order valence-corrected chi connectivity index (χ1v) is 10.8. The zero-order valence-electron chi connectivity index (χ0n) is 18.2. The zero-order chi connectivity index (χ0) is 21.1. The number of nitrogens with one attached hydrogen (secondary N) is 2. The van der Waals surface area contributed by atoms with Gasteiger partial charge < -0.3 is 25.9 Å². The summed E-state index contributed by atoms with van der Waals surface area (Å²) in [5, 5.41) is 10.3. The molecule has 0 spiro atoms. The largest absolute Gasteiger partial charge is 0.423 e. The fraction of sp³-hybridized carbons (Fsp3) is 0.500. The van der Waals surface area contributed by atoms with Crippen molar-refractivity contribution in [1.29, 1.82) is 5.41 Å². The van der Waals surface area contributed by atoms with Gasteiger partial charge in [-0.3, -0.25) is 4.90 Å². The summed E-state index contributed by atoms with van der Waals surface area (Å²) in [5.74, 6) is 1.48. The highest BCUT2D eigenvalue weighted by Gasteiger charge is 2.23. The Balaban J connectivity index is 1.31. The van der Waals surface area contributed by atoms with Crippen LogP contribution in [0.5, 0.6) is 0 Å². The molecule has 0 saturated carbocycles. The molecule has 1 saturated heterocycles. The Morgan fingerprint density at radius 1 is 1.27 bits per heavy atom. The molecule has 2 aliphatic rings. The minimum atomic E-state index is 0.700. The molecule has 30 heavy (non-hydrogen) atoms. The van der Waals surface area contributed by atoms with Crippen molar-refractivity contribution in [2.75, 3.05) is 50.2 Å². The van der Waals surface area contributed by atoms with Crippen LogP contribution in [0.25, 0.3) is 5.53 Å². The molecule has 1 aromatic heterocycles. The van der Waals surface area contributed by atoms with Crippen LogP contribution < -0.4 is 14.9 Å². The van der Waals surface area contributed by atoms with E-state index < -0.39 is 0 Å². The van der Waals surface area contributed by atoms with E-state index >= 15 is 0 Å². The van der Waals surface area contributed by atoms with Gasteiger partial charge in [0.2, 0.25) is 5.95 Å². The van der Waals surface area contributed by atoms with Crippen molar-refractivity contribution >= 4 is 23.5 Å². The van der Waals surface area contributed by atoms with Gasteiger partial charge in [0.25, 0.3) is 0 Å². The molecule has 1 atom stereocenters. The van der Waals surface area contributed by atoms with Gasteiger partial charge in [-0.05, 0) is 44.0 Å². The van der Waals surface area contributed by atoms with Crippen molar-refractivity contribution in [2.24, 2.45) is 5.92 Å². The van der Waals surface area contributed by atoms with Gasteiger partial charge in [0.05, 0.1) is 12.7 Å². The predicted octanol–water partition coefficient (Wildman–Crippen LogP) is 2.01. The van der Waals surface area contributed by atoms with Crippen molar-refractivity contribution < 1.29 is 5.01 Å². The molecular weight excluding hydrogens is 376 g/mol. The summed E-state index contributed by atoms with van der Waals surface area (Å²) < 4.78 is 0. The Labute approximate surface area is 179 Å². The molecule has 3 heterocycles. The average molecular weight is 409 g/mol. The van der Waals surface area contributed by atoms with Gasteiger partial charge in [-0.15, -0.1) is 0 Å². The van der Waals surface area contributed by atoms with Crippen LogP contribution in [0.1, 0.15) is 30.9 Å². The molecule has 4 rings (SSSR count). The van der Waals surface area contributed by atoms with Crippen molar-refractivity contribution in [1.82, 2.24) is 14.9 Å². The van der Waals surface area contributed by atoms with Gasteiger partial charge in [-0.1, -0.05) is 13.0 Å². The van der Waals surface area contributed by atoms with Crippen LogP contribution in [-0.4, -0.2) is 61.4 Å². The Morgan fingerprint density at radius 3 is 2.67 bits per heavy atom. The highest BCUT2D eigenvalue weighted by molar-refractivity contribution is 5.75. The van der Waals surface area contributed by atoms with Crippen LogP contribution in [0, 0.1) is 11.3 Å². The second kappa shape index (κ2) is 9.07. The van der Waals surface area contributed by atoms with Crippen LogP contribution in [0.15, 0.2) is 30.6 Å². The van der Waals surface area contributed by atoms with Gasteiger partial charge in [0.15, 0.2) is 0 Å². The molecule has 0 radical (unpaired) electrons. The van der Waals surface area contributed by atoms with E-state index in [4.69, 9.17) is 5.41 Å². The van der Waals surface area contributed by atoms with Gasteiger partial charge in [-0.2, -0.15) is 0 Å². The summed E-state index contributed by atoms with van der Waals surface area (Å²) in [5.41, 5.74) is 9.10. The SMILES string of the molecule is CCN(Cc1ccc2c(c1)[NH+](C)[N-]N2C)CC1CCN(c2ncc(C=N)cn2)CC1. The molecule has 160 valence electrons. The summed E-state index contributed by atoms with van der Waals surface area (Å²) in [6.45, 7) is 7.40. The minimum Gasteiger partial charge on any atom is -0.423 e. The monoisotopic (exact) mass is 408 g/mol. The topological polar surface area (TPSA) is 77.9 Å². The summed E-state index contributed by atoms with van der Waals surface area (Å²) in [6, 6.07) is 6.74. The fourth-order valence-electron chi connectivity index (χ4n) is 4.40. The second-order valence-electron chi connectivity index (χ2n) is 8.28. The maximum Gasteiger partial charge on any atom is 0.225 e. The molecule has 2 aromatic rings. The van der Waals surface area contributed by atoms with Gasteiger partial charge in [0, 0.05) is 56.4 Å². The van der Waals surface area contributed by atoms with Crippen LogP contribution in [-0.2, 0) is 6.54 Å². The average Bonchev–Trinajstić information content (AvgIpc) is 3.07. The smallest absolute Gasteiger partial charge is 0.225 e. The molecule has 8 heteroatoms. The van der Waals surface area contributed by atoms with E-state index in [0.29, 0.717) is 5.92 Å². The third-order valence-electron chi connectivity index (χ3n) is 6.19. The normalized spacial score (nSPS) is 19.4. The number of quaternary nitrogens is 1. The maximum absolute atomic E-state index is 7.27. The Bertz CT molecular complexity index is 860. The number of hydrogen-bond acceptors (Lipinski definition) is 6. The highest BCUT2D eigenvalue weighted by Crippen LogP contribution is 2.29. The van der Waals surface area contributed by atoms with Crippen molar-refractivity contribution in [3.8, 4) is 0 Å². The predicted molar refractivity (Wildman–Crippen MR) is 121 cm³/mol. The number of hydrogen-bond donors (Lipinski definition) is 2. The number of piperidine rings is 1. The molecule has 8 nitrogen and oxygen atoms in total. The lowest BCUT2D eigenvalue weighted by Gasteiger charge is -2.34. The molecule has 1 aromatic carbocycles. The molecule has 0 aliphatic carbocycles. The molecule has 2 N–H and O–H groups in total. The van der Waals surface area contributed by atoms with E-state index in [9.17, 15) is 0 Å². The van der Waals surface area contributed by atoms with Crippen molar-refractivity contribution in [3.05, 3.63) is 47.3 Å². The highest BCUT2D eigenvalue weighted by atomic mass is 15.8. The first kappa shape index (κ1) is 20.7. The molecule has 1 unspecified atom stereocenters. The third kappa shape index (κ3) is 4.45. The van der Waals surface area contributed by atoms with E-state index in [2.05, 4.69) is 57.5 Å². The number of aromatic nitrogens is 2. The van der Waals surface area contributed by atoms with E-state index in [-0.39, 0.29) is 0 Å². The van der Waals surface area contributed by atoms with E-state index in [1.54, 1.807) is 12.4 Å². The van der Waals surface area contributed by atoms with Crippen LogP contribution in [0.2, 0.25) is 0 Å². The number of rotatable bonds is 7. The lowest BCUT2D eigenvalue weighted by atomic mass is 9.96. The van der Waals surface area contributed by atoms with Crippen LogP contribution >= 0.6 is 0 Å². The standard InChI is InChI=1S/C22H32N8/c1-4-29(16-18-5-6-20-21(11-18)28(3)26-27(20)2)15-17-7-9-30(10-8-17)22-24-13-19(12-23)14-25-22/h5-6,11-14,17,23,28H,4,7-10,15-16H2,1-3H3. The van der Waals surface area contributed by atoms with Crippen LogP contribution in [0.4, 0.5) is 17.3 Å². The number of benzene rings is 1. The van der Waals surface area contributed by atoms with Gasteiger partial charge >= 0.3 is 0 Å². The second-order valence-corrected chi connectivity index (χ2v) is 8.28. The van der Waals surface area contributed by atoms with E-state index in [0.717, 1.165) is 62.1 Å². The fourth-order valence-corrected chi connectivity index (χ4v) is 4.40. The van der Waals surface area contributed by atoms with Crippen molar-refractivity contribution in [3.63, 3.8) is 0 Å². The number of nitrogens with zero attached hydrogens (tertiary/aromatic N) is 6. The first-order chi connectivity index (χ1) is 14.6. The maximum atomic E-state index is 7.27. The summed E-state index contributed by atoms with van der Waals surface area (Å²) in [6.07, 6.45) is 7.05. The molecule has 0 amide bonds. The Hall–Kier alpha value is -2.55. The minimum absolute atomic E-state index is 0.700. The van der Waals surface area contributed by atoms with E-state index in [1.165, 1.54) is 23.2 Å². The van der Waals surface area contributed by atoms with Crippen LogP contribution in [0.3, 0.4) is 0 Å². The Kier molecular flexibility index (Phi) is 6.26.